The van der Waals surface area contributed by atoms with E-state index in [9.17, 15) is 0 Å². The Morgan fingerprint density at radius 1 is 1.24 bits per heavy atom. The van der Waals surface area contributed by atoms with Gasteiger partial charge in [0.15, 0.2) is 0 Å². The van der Waals surface area contributed by atoms with Gasteiger partial charge in [-0.3, -0.25) is 0 Å². The number of hydrogen-bond acceptors (Lipinski definition) is 2. The van der Waals surface area contributed by atoms with Gasteiger partial charge in [0.25, 0.3) is 0 Å². The number of nitrogens with zero attached hydrogens (tertiary/aromatic N) is 2. The van der Waals surface area contributed by atoms with Crippen molar-refractivity contribution in [3.05, 3.63) is 46.8 Å². The molecule has 88 valence electrons. The van der Waals surface area contributed by atoms with E-state index in [1.165, 1.54) is 0 Å². The maximum Gasteiger partial charge on any atom is 0.103 e. The van der Waals surface area contributed by atoms with Crippen LogP contribution in [0.25, 0.3) is 5.69 Å². The third-order valence-electron chi connectivity index (χ3n) is 2.72. The number of thiocarbonyl (C=S) groups is 1. The van der Waals surface area contributed by atoms with Crippen molar-refractivity contribution in [2.75, 3.05) is 0 Å². The predicted molar refractivity (Wildman–Crippen MR) is 73.7 cm³/mol. The quantitative estimate of drug-likeness (QED) is 0.826. The highest BCUT2D eigenvalue weighted by atomic mass is 32.1. The average Bonchev–Trinajstić information content (AvgIpc) is 2.57. The van der Waals surface area contributed by atoms with Crippen LogP contribution >= 0.6 is 12.2 Å². The largest absolute Gasteiger partial charge is 0.389 e. The highest BCUT2D eigenvalue weighted by Gasteiger charge is 2.07. The fourth-order valence-electron chi connectivity index (χ4n) is 1.92. The number of benzene rings is 1. The Kier molecular flexibility index (Phi) is 2.98. The molecule has 0 atom stereocenters. The predicted octanol–water partition coefficient (Wildman–Crippen LogP) is 2.43. The zero-order valence-electron chi connectivity index (χ0n) is 10.2. The van der Waals surface area contributed by atoms with Crippen molar-refractivity contribution in [1.29, 1.82) is 0 Å². The Bertz CT molecular complexity index is 584. The summed E-state index contributed by atoms with van der Waals surface area (Å²) >= 11 is 4.97. The van der Waals surface area contributed by atoms with E-state index < -0.39 is 0 Å². The van der Waals surface area contributed by atoms with Crippen LogP contribution < -0.4 is 5.73 Å². The molecule has 0 saturated carbocycles. The van der Waals surface area contributed by atoms with Crippen molar-refractivity contribution in [3.8, 4) is 5.69 Å². The molecule has 0 fully saturated rings. The molecule has 0 unspecified atom stereocenters. The topological polar surface area (TPSA) is 43.8 Å². The fourth-order valence-corrected chi connectivity index (χ4v) is 2.05. The highest BCUT2D eigenvalue weighted by molar-refractivity contribution is 7.80. The van der Waals surface area contributed by atoms with Crippen LogP contribution in [0.15, 0.2) is 24.3 Å². The molecular weight excluding hydrogens is 230 g/mol. The van der Waals surface area contributed by atoms with Gasteiger partial charge in [0.1, 0.15) is 4.99 Å². The van der Waals surface area contributed by atoms with Gasteiger partial charge in [-0.05, 0) is 50.6 Å². The third-order valence-corrected chi connectivity index (χ3v) is 2.95. The maximum atomic E-state index is 5.61. The molecule has 1 aromatic carbocycles. The van der Waals surface area contributed by atoms with Crippen molar-refractivity contribution in [2.24, 2.45) is 5.73 Å². The Balaban J connectivity index is 2.54. The summed E-state index contributed by atoms with van der Waals surface area (Å²) in [6.45, 7) is 6.07. The molecule has 0 amide bonds. The second kappa shape index (κ2) is 4.30. The minimum absolute atomic E-state index is 0.424. The van der Waals surface area contributed by atoms with Gasteiger partial charge in [-0.15, -0.1) is 0 Å². The number of aromatic nitrogens is 2. The maximum absolute atomic E-state index is 5.61. The lowest BCUT2D eigenvalue weighted by Crippen LogP contribution is -2.10. The summed E-state index contributed by atoms with van der Waals surface area (Å²) < 4.78 is 1.94. The molecule has 0 radical (unpaired) electrons. The first kappa shape index (κ1) is 11.8. The van der Waals surface area contributed by atoms with Crippen molar-refractivity contribution >= 4 is 17.2 Å². The molecule has 0 spiro atoms. The van der Waals surface area contributed by atoms with E-state index in [4.69, 9.17) is 18.0 Å². The molecule has 1 aromatic heterocycles. The molecule has 17 heavy (non-hydrogen) atoms. The summed E-state index contributed by atoms with van der Waals surface area (Å²) in [6.07, 6.45) is 0. The van der Waals surface area contributed by atoms with Crippen LogP contribution in [0.2, 0.25) is 0 Å². The standard InChI is InChI=1S/C13H15N3S/c1-8-6-11(13(14)17)4-5-12(8)16-10(3)7-9(2)15-16/h4-7H,1-3H3,(H2,14,17). The van der Waals surface area contributed by atoms with Crippen molar-refractivity contribution in [3.63, 3.8) is 0 Å². The molecule has 0 aliphatic heterocycles. The van der Waals surface area contributed by atoms with E-state index in [0.29, 0.717) is 4.99 Å². The van der Waals surface area contributed by atoms with Gasteiger partial charge < -0.3 is 5.73 Å². The average molecular weight is 245 g/mol. The first-order chi connectivity index (χ1) is 7.99. The van der Waals surface area contributed by atoms with Crippen LogP contribution in [0.3, 0.4) is 0 Å². The van der Waals surface area contributed by atoms with E-state index in [1.54, 1.807) is 0 Å². The first-order valence-electron chi connectivity index (χ1n) is 5.43. The van der Waals surface area contributed by atoms with Crippen LogP contribution in [-0.4, -0.2) is 14.8 Å². The molecule has 1 heterocycles. The summed E-state index contributed by atoms with van der Waals surface area (Å²) in [5.74, 6) is 0. The molecule has 0 aliphatic carbocycles. The van der Waals surface area contributed by atoms with Crippen LogP contribution in [0.4, 0.5) is 0 Å². The van der Waals surface area contributed by atoms with Crippen molar-refractivity contribution < 1.29 is 0 Å². The smallest absolute Gasteiger partial charge is 0.103 e. The number of aryl methyl sites for hydroxylation is 3. The molecule has 2 N–H and O–H groups in total. The van der Waals surface area contributed by atoms with Gasteiger partial charge in [-0.2, -0.15) is 5.10 Å². The van der Waals surface area contributed by atoms with Gasteiger partial charge in [0.05, 0.1) is 11.4 Å². The van der Waals surface area contributed by atoms with Crippen LogP contribution in [0.1, 0.15) is 22.5 Å². The lowest BCUT2D eigenvalue weighted by molar-refractivity contribution is 0.827. The third kappa shape index (κ3) is 2.22. The van der Waals surface area contributed by atoms with Crippen molar-refractivity contribution in [2.45, 2.75) is 20.8 Å². The number of rotatable bonds is 2. The second-order valence-electron chi connectivity index (χ2n) is 4.20. The summed E-state index contributed by atoms with van der Waals surface area (Å²) in [7, 11) is 0. The van der Waals surface area contributed by atoms with Crippen molar-refractivity contribution in [1.82, 2.24) is 9.78 Å². The minimum Gasteiger partial charge on any atom is -0.389 e. The molecule has 0 saturated heterocycles. The van der Waals surface area contributed by atoms with Crippen LogP contribution in [0.5, 0.6) is 0 Å². The van der Waals surface area contributed by atoms with Gasteiger partial charge in [-0.25, -0.2) is 4.68 Å². The van der Waals surface area contributed by atoms with Crippen LogP contribution in [0, 0.1) is 20.8 Å². The lowest BCUT2D eigenvalue weighted by Gasteiger charge is -2.09. The first-order valence-corrected chi connectivity index (χ1v) is 5.84. The lowest BCUT2D eigenvalue weighted by atomic mass is 10.1. The fraction of sp³-hybridized carbons (Fsp3) is 0.231. The van der Waals surface area contributed by atoms with E-state index in [1.807, 2.05) is 43.7 Å². The summed E-state index contributed by atoms with van der Waals surface area (Å²) in [4.78, 5) is 0.424. The number of hydrogen-bond donors (Lipinski definition) is 1. The van der Waals surface area contributed by atoms with Gasteiger partial charge in [0, 0.05) is 11.3 Å². The Morgan fingerprint density at radius 2 is 1.94 bits per heavy atom. The Morgan fingerprint density at radius 3 is 2.41 bits per heavy atom. The number of nitrogens with two attached hydrogens (primary N) is 1. The van der Waals surface area contributed by atoms with E-state index in [2.05, 4.69) is 11.2 Å². The zero-order valence-corrected chi connectivity index (χ0v) is 11.0. The monoisotopic (exact) mass is 245 g/mol. The molecule has 3 nitrogen and oxygen atoms in total. The molecule has 2 aromatic rings. The summed E-state index contributed by atoms with van der Waals surface area (Å²) in [5, 5.41) is 4.47. The van der Waals surface area contributed by atoms with E-state index in [0.717, 1.165) is 28.2 Å². The zero-order chi connectivity index (χ0) is 12.6. The van der Waals surface area contributed by atoms with Gasteiger partial charge in [-0.1, -0.05) is 12.2 Å². The normalized spacial score (nSPS) is 10.5. The van der Waals surface area contributed by atoms with Gasteiger partial charge >= 0.3 is 0 Å². The molecule has 4 heteroatoms. The summed E-state index contributed by atoms with van der Waals surface area (Å²) in [6, 6.07) is 7.99. The molecule has 2 rings (SSSR count). The molecule has 0 aliphatic rings. The molecular formula is C13H15N3S. The summed E-state index contributed by atoms with van der Waals surface area (Å²) in [5.41, 5.74) is 10.8. The minimum atomic E-state index is 0.424. The molecule has 0 bridgehead atoms. The van der Waals surface area contributed by atoms with Gasteiger partial charge in [0.2, 0.25) is 0 Å². The Hall–Kier alpha value is -1.68. The Labute approximate surface area is 106 Å². The van der Waals surface area contributed by atoms with E-state index >= 15 is 0 Å². The highest BCUT2D eigenvalue weighted by Crippen LogP contribution is 2.17. The SMILES string of the molecule is Cc1cc(C)n(-c2ccc(C(N)=S)cc2C)n1. The van der Waals surface area contributed by atoms with E-state index in [-0.39, 0.29) is 0 Å². The van der Waals surface area contributed by atoms with Crippen LogP contribution in [-0.2, 0) is 0 Å². The second-order valence-corrected chi connectivity index (χ2v) is 4.64.